The second-order valence-corrected chi connectivity index (χ2v) is 7.50. The summed E-state index contributed by atoms with van der Waals surface area (Å²) < 4.78 is 1.94. The molecule has 1 aromatic heterocycles. The molecular weight excluding hydrogens is 260 g/mol. The maximum absolute atomic E-state index is 4.64. The maximum atomic E-state index is 4.64. The molecule has 0 spiro atoms. The van der Waals surface area contributed by atoms with E-state index in [9.17, 15) is 0 Å². The minimum Gasteiger partial charge on any atom is -0.311 e. The zero-order valence-corrected chi connectivity index (χ0v) is 14.4. The summed E-state index contributed by atoms with van der Waals surface area (Å²) in [6.45, 7) is 13.5. The van der Waals surface area contributed by atoms with E-state index in [0.29, 0.717) is 6.04 Å². The van der Waals surface area contributed by atoms with Crippen LogP contribution in [-0.2, 0) is 19.0 Å². The average Bonchev–Trinajstić information content (AvgIpc) is 2.81. The Morgan fingerprint density at radius 1 is 1.24 bits per heavy atom. The molecule has 0 saturated carbocycles. The van der Waals surface area contributed by atoms with Crippen molar-refractivity contribution in [3.05, 3.63) is 17.5 Å². The van der Waals surface area contributed by atoms with E-state index in [2.05, 4.69) is 49.2 Å². The minimum atomic E-state index is 0.108. The van der Waals surface area contributed by atoms with Gasteiger partial charge in [-0.05, 0) is 32.9 Å². The molecule has 120 valence electrons. The van der Waals surface area contributed by atoms with Crippen LogP contribution in [0.4, 0.5) is 0 Å². The number of aromatic nitrogens is 2. The minimum absolute atomic E-state index is 0.108. The fourth-order valence-electron chi connectivity index (χ4n) is 3.20. The summed E-state index contributed by atoms with van der Waals surface area (Å²) in [7, 11) is 2.01. The fourth-order valence-corrected chi connectivity index (χ4v) is 3.20. The van der Waals surface area contributed by atoms with Crippen molar-refractivity contribution in [2.24, 2.45) is 7.05 Å². The molecular formula is C17H32N4. The highest BCUT2D eigenvalue weighted by atomic mass is 15.3. The third-order valence-electron chi connectivity index (χ3n) is 4.38. The molecule has 1 saturated heterocycles. The van der Waals surface area contributed by atoms with Gasteiger partial charge in [-0.1, -0.05) is 27.2 Å². The van der Waals surface area contributed by atoms with Gasteiger partial charge in [0, 0.05) is 43.4 Å². The molecule has 1 aromatic rings. The van der Waals surface area contributed by atoms with Gasteiger partial charge in [0.25, 0.3) is 0 Å². The maximum Gasteiger partial charge on any atom is 0.0722 e. The number of rotatable bonds is 5. The molecule has 0 aliphatic carbocycles. The Morgan fingerprint density at radius 3 is 2.52 bits per heavy atom. The molecule has 2 heterocycles. The average molecular weight is 292 g/mol. The van der Waals surface area contributed by atoms with E-state index in [1.807, 2.05) is 11.7 Å². The van der Waals surface area contributed by atoms with E-state index >= 15 is 0 Å². The predicted octanol–water partition coefficient (Wildman–Crippen LogP) is 2.68. The lowest BCUT2D eigenvalue weighted by Gasteiger charge is -2.32. The number of hydrogen-bond donors (Lipinski definition) is 1. The molecule has 1 aliphatic heterocycles. The Hall–Kier alpha value is -0.870. The molecule has 2 rings (SSSR count). The summed E-state index contributed by atoms with van der Waals surface area (Å²) in [4.78, 5) is 2.62. The lowest BCUT2D eigenvalue weighted by Crippen LogP contribution is -2.43. The van der Waals surface area contributed by atoms with Crippen molar-refractivity contribution >= 4 is 0 Å². The largest absolute Gasteiger partial charge is 0.311 e. The van der Waals surface area contributed by atoms with Crippen LogP contribution in [0, 0.1) is 0 Å². The van der Waals surface area contributed by atoms with E-state index in [-0.39, 0.29) is 5.41 Å². The number of aryl methyl sites for hydroxylation is 1. The molecule has 1 fully saturated rings. The van der Waals surface area contributed by atoms with Gasteiger partial charge < -0.3 is 5.32 Å². The molecule has 21 heavy (non-hydrogen) atoms. The van der Waals surface area contributed by atoms with Gasteiger partial charge >= 0.3 is 0 Å². The number of nitrogens with zero attached hydrogens (tertiary/aromatic N) is 3. The lowest BCUT2D eigenvalue weighted by molar-refractivity contribution is 0.170. The van der Waals surface area contributed by atoms with E-state index in [4.69, 9.17) is 0 Å². The highest BCUT2D eigenvalue weighted by Crippen LogP contribution is 2.24. The van der Waals surface area contributed by atoms with Crippen molar-refractivity contribution in [3.8, 4) is 0 Å². The third kappa shape index (κ3) is 4.55. The van der Waals surface area contributed by atoms with Gasteiger partial charge in [-0.3, -0.25) is 9.58 Å². The van der Waals surface area contributed by atoms with Gasteiger partial charge in [-0.15, -0.1) is 0 Å². The first-order chi connectivity index (χ1) is 9.88. The summed E-state index contributed by atoms with van der Waals surface area (Å²) in [6.07, 6.45) is 6.28. The molecule has 0 aromatic carbocycles. The van der Waals surface area contributed by atoms with Gasteiger partial charge in [0.1, 0.15) is 0 Å². The number of nitrogens with one attached hydrogen (secondary N) is 1. The first-order valence-electron chi connectivity index (χ1n) is 8.35. The number of piperidine rings is 1. The zero-order valence-electron chi connectivity index (χ0n) is 14.4. The number of hydrogen-bond acceptors (Lipinski definition) is 3. The molecule has 0 bridgehead atoms. The van der Waals surface area contributed by atoms with Crippen LogP contribution in [0.1, 0.15) is 58.2 Å². The molecule has 1 atom stereocenters. The lowest BCUT2D eigenvalue weighted by atomic mass is 9.89. The normalized spacial score (nSPS) is 18.9. The second-order valence-electron chi connectivity index (χ2n) is 7.50. The Bertz CT molecular complexity index is 438. The monoisotopic (exact) mass is 292 g/mol. The van der Waals surface area contributed by atoms with Crippen LogP contribution in [0.3, 0.4) is 0 Å². The van der Waals surface area contributed by atoms with Gasteiger partial charge in [-0.25, -0.2) is 0 Å². The van der Waals surface area contributed by atoms with E-state index in [1.165, 1.54) is 43.6 Å². The quantitative estimate of drug-likeness (QED) is 0.906. The Labute approximate surface area is 129 Å². The Morgan fingerprint density at radius 2 is 1.90 bits per heavy atom. The topological polar surface area (TPSA) is 33.1 Å². The summed E-state index contributed by atoms with van der Waals surface area (Å²) >= 11 is 0. The first kappa shape index (κ1) is 16.5. The fraction of sp³-hybridized carbons (Fsp3) is 0.824. The van der Waals surface area contributed by atoms with Crippen molar-refractivity contribution in [2.75, 3.05) is 19.6 Å². The highest BCUT2D eigenvalue weighted by Gasteiger charge is 2.22. The molecule has 0 amide bonds. The second kappa shape index (κ2) is 6.93. The molecule has 1 unspecified atom stereocenters. The van der Waals surface area contributed by atoms with Crippen molar-refractivity contribution in [3.63, 3.8) is 0 Å². The van der Waals surface area contributed by atoms with Gasteiger partial charge in [0.2, 0.25) is 0 Å². The van der Waals surface area contributed by atoms with Crippen LogP contribution in [-0.4, -0.2) is 40.4 Å². The van der Waals surface area contributed by atoms with E-state index in [0.717, 1.165) is 13.1 Å². The van der Waals surface area contributed by atoms with Crippen LogP contribution >= 0.6 is 0 Å². The Balaban J connectivity index is 1.85. The van der Waals surface area contributed by atoms with E-state index < -0.39 is 0 Å². The summed E-state index contributed by atoms with van der Waals surface area (Å²) in [6, 6.07) is 0.625. The van der Waals surface area contributed by atoms with Crippen molar-refractivity contribution in [1.29, 1.82) is 0 Å². The van der Waals surface area contributed by atoms with Crippen molar-refractivity contribution in [1.82, 2.24) is 20.0 Å². The van der Waals surface area contributed by atoms with Crippen LogP contribution in [0.15, 0.2) is 6.20 Å². The molecule has 1 N–H and O–H groups in total. The zero-order chi connectivity index (χ0) is 15.5. The van der Waals surface area contributed by atoms with Gasteiger partial charge in [0.05, 0.1) is 5.69 Å². The summed E-state index contributed by atoms with van der Waals surface area (Å²) in [5.74, 6) is 0. The SMILES string of the molecule is CC(CNCc1cn(C)nc1C(C)(C)C)N1CCCCC1. The molecule has 1 aliphatic rings. The smallest absolute Gasteiger partial charge is 0.0722 e. The van der Waals surface area contributed by atoms with Gasteiger partial charge in [-0.2, -0.15) is 5.10 Å². The molecule has 0 radical (unpaired) electrons. The molecule has 4 nitrogen and oxygen atoms in total. The van der Waals surface area contributed by atoms with E-state index in [1.54, 1.807) is 0 Å². The van der Waals surface area contributed by atoms with Crippen LogP contribution in [0.5, 0.6) is 0 Å². The summed E-state index contributed by atoms with van der Waals surface area (Å²) in [5, 5.41) is 8.27. The summed E-state index contributed by atoms with van der Waals surface area (Å²) in [5.41, 5.74) is 2.65. The highest BCUT2D eigenvalue weighted by molar-refractivity contribution is 5.23. The first-order valence-corrected chi connectivity index (χ1v) is 8.35. The van der Waals surface area contributed by atoms with Crippen LogP contribution in [0.25, 0.3) is 0 Å². The molecule has 4 heteroatoms. The van der Waals surface area contributed by atoms with Crippen LogP contribution < -0.4 is 5.32 Å². The number of likely N-dealkylation sites (tertiary alicyclic amines) is 1. The third-order valence-corrected chi connectivity index (χ3v) is 4.38. The predicted molar refractivity (Wildman–Crippen MR) is 88.5 cm³/mol. The standard InChI is InChI=1S/C17H32N4/c1-14(21-9-7-6-8-10-21)11-18-12-15-13-20(5)19-16(15)17(2,3)4/h13-14,18H,6-12H2,1-5H3. The Kier molecular flexibility index (Phi) is 5.44. The van der Waals surface area contributed by atoms with Gasteiger partial charge in [0.15, 0.2) is 0 Å². The van der Waals surface area contributed by atoms with Crippen molar-refractivity contribution < 1.29 is 0 Å². The van der Waals surface area contributed by atoms with Crippen LogP contribution in [0.2, 0.25) is 0 Å². The van der Waals surface area contributed by atoms with Crippen molar-refractivity contribution in [2.45, 2.75) is 65.0 Å².